The summed E-state index contributed by atoms with van der Waals surface area (Å²) in [4.78, 5) is 40.3. The number of carbonyl (C=O) groups excluding carboxylic acids is 2. The molecule has 4 heterocycles. The van der Waals surface area contributed by atoms with Crippen LogP contribution in [0.4, 0.5) is 15.0 Å². The zero-order valence-electron chi connectivity index (χ0n) is 28.6. The van der Waals surface area contributed by atoms with E-state index in [9.17, 15) is 22.4 Å². The van der Waals surface area contributed by atoms with Gasteiger partial charge >= 0.3 is 6.09 Å². The number of nitrogens with one attached hydrogen (secondary N) is 2. The predicted molar refractivity (Wildman–Crippen MR) is 184 cm³/mol. The van der Waals surface area contributed by atoms with Gasteiger partial charge in [0.2, 0.25) is 5.95 Å². The van der Waals surface area contributed by atoms with E-state index in [-0.39, 0.29) is 29.4 Å². The van der Waals surface area contributed by atoms with E-state index in [0.717, 1.165) is 12.8 Å². The Balaban J connectivity index is 1.51. The molecule has 0 spiro atoms. The van der Waals surface area contributed by atoms with Gasteiger partial charge in [0.25, 0.3) is 15.9 Å². The fourth-order valence-corrected chi connectivity index (χ4v) is 6.90. The molecule has 0 aromatic carbocycles. The van der Waals surface area contributed by atoms with E-state index >= 15 is 0 Å². The second-order valence-electron chi connectivity index (χ2n) is 14.7. The average molecular weight is 748 g/mol. The molecule has 2 atom stereocenters. The minimum absolute atomic E-state index is 0.186. The van der Waals surface area contributed by atoms with Crippen LogP contribution in [0.2, 0.25) is 0 Å². The zero-order valence-corrected chi connectivity index (χ0v) is 31.0. The maximum Gasteiger partial charge on any atom is 0.410 e. The summed E-state index contributed by atoms with van der Waals surface area (Å²) in [6, 6.07) is 12.2. The van der Waals surface area contributed by atoms with E-state index in [1.165, 1.54) is 24.3 Å². The third-order valence-corrected chi connectivity index (χ3v) is 9.61. The molecule has 3 aromatic heterocycles. The standard InChI is InChI=1S/C34H44BrFN6O5S/c1-32(2,3)25-18-16-22(29(36)39-25)30(43)41-48(45,46)28-14-10-13-27(40-28)38-24(23-11-9-12-26(35)37-23)17-15-21-19-34(7,8)42(20-21)31(44)47-33(4,5)6/h9-14,16,18,21,24H,15,17,19-20H2,1-8H3,(H,38,40)(H,41,43)/t21-,24?/m0/s1. The van der Waals surface area contributed by atoms with Crippen molar-refractivity contribution >= 4 is 43.8 Å². The van der Waals surface area contributed by atoms with Crippen LogP contribution < -0.4 is 10.0 Å². The third-order valence-electron chi connectivity index (χ3n) is 7.94. The highest BCUT2D eigenvalue weighted by Crippen LogP contribution is 2.38. The average Bonchev–Trinajstić information content (AvgIpc) is 3.27. The molecule has 0 radical (unpaired) electrons. The molecule has 11 nitrogen and oxygen atoms in total. The van der Waals surface area contributed by atoms with Crippen molar-refractivity contribution in [1.82, 2.24) is 24.6 Å². The van der Waals surface area contributed by atoms with E-state index in [0.29, 0.717) is 29.0 Å². The summed E-state index contributed by atoms with van der Waals surface area (Å²) >= 11 is 3.43. The number of hydrogen-bond acceptors (Lipinski definition) is 9. The summed E-state index contributed by atoms with van der Waals surface area (Å²) < 4.78 is 49.4. The molecule has 48 heavy (non-hydrogen) atoms. The first-order valence-electron chi connectivity index (χ1n) is 15.8. The van der Waals surface area contributed by atoms with Gasteiger partial charge in [0.1, 0.15) is 16.0 Å². The van der Waals surface area contributed by atoms with E-state index in [1.54, 1.807) is 11.0 Å². The van der Waals surface area contributed by atoms with Crippen LogP contribution in [0.3, 0.4) is 0 Å². The van der Waals surface area contributed by atoms with Crippen LogP contribution in [-0.2, 0) is 20.2 Å². The Labute approximate surface area is 290 Å². The van der Waals surface area contributed by atoms with Gasteiger partial charge < -0.3 is 15.0 Å². The summed E-state index contributed by atoms with van der Waals surface area (Å²) in [5.41, 5.74) is -0.817. The Morgan fingerprint density at radius 2 is 1.73 bits per heavy atom. The van der Waals surface area contributed by atoms with Crippen molar-refractivity contribution in [1.29, 1.82) is 0 Å². The Kier molecular flexibility index (Phi) is 10.9. The number of amides is 2. The third kappa shape index (κ3) is 9.49. The zero-order chi connectivity index (χ0) is 35.7. The van der Waals surface area contributed by atoms with Gasteiger partial charge in [-0.2, -0.15) is 12.8 Å². The van der Waals surface area contributed by atoms with Crippen LogP contribution in [-0.4, -0.2) is 58.0 Å². The smallest absolute Gasteiger partial charge is 0.410 e. The van der Waals surface area contributed by atoms with Crippen LogP contribution in [0, 0.1) is 11.9 Å². The van der Waals surface area contributed by atoms with Crippen LogP contribution in [0.15, 0.2) is 58.2 Å². The van der Waals surface area contributed by atoms with E-state index in [2.05, 4.69) is 36.2 Å². The van der Waals surface area contributed by atoms with Crippen molar-refractivity contribution in [2.75, 3.05) is 11.9 Å². The molecule has 2 N–H and O–H groups in total. The van der Waals surface area contributed by atoms with Crippen molar-refractivity contribution in [2.24, 2.45) is 5.92 Å². The predicted octanol–water partition coefficient (Wildman–Crippen LogP) is 7.16. The fraction of sp³-hybridized carbons (Fsp3) is 0.500. The lowest BCUT2D eigenvalue weighted by atomic mass is 9.91. The lowest BCUT2D eigenvalue weighted by Crippen LogP contribution is -2.45. The molecule has 1 aliphatic heterocycles. The van der Waals surface area contributed by atoms with Crippen molar-refractivity contribution in [3.05, 3.63) is 76.0 Å². The van der Waals surface area contributed by atoms with E-state index in [1.807, 2.05) is 78.3 Å². The van der Waals surface area contributed by atoms with Crippen molar-refractivity contribution in [2.45, 2.75) is 102 Å². The minimum Gasteiger partial charge on any atom is -0.444 e. The molecule has 3 aromatic rings. The molecule has 0 bridgehead atoms. The Morgan fingerprint density at radius 3 is 2.35 bits per heavy atom. The summed E-state index contributed by atoms with van der Waals surface area (Å²) in [5.74, 6) is -1.80. The molecule has 4 rings (SSSR count). The normalized spacial score (nSPS) is 17.1. The molecule has 0 aliphatic carbocycles. The quantitative estimate of drug-likeness (QED) is 0.218. The number of sulfonamides is 1. The molecule has 260 valence electrons. The number of halogens is 2. The highest BCUT2D eigenvalue weighted by atomic mass is 79.9. The molecule has 2 amide bonds. The van der Waals surface area contributed by atoms with Gasteiger partial charge in [-0.05, 0) is 112 Å². The van der Waals surface area contributed by atoms with E-state index < -0.39 is 43.5 Å². The van der Waals surface area contributed by atoms with E-state index in [4.69, 9.17) is 4.74 Å². The van der Waals surface area contributed by atoms with Crippen LogP contribution >= 0.6 is 15.9 Å². The number of likely N-dealkylation sites (tertiary alicyclic amines) is 1. The van der Waals surface area contributed by atoms with Crippen LogP contribution in [0.1, 0.15) is 102 Å². The Morgan fingerprint density at radius 1 is 1.04 bits per heavy atom. The summed E-state index contributed by atoms with van der Waals surface area (Å²) in [5, 5.41) is 2.89. The molecule has 1 unspecified atom stereocenters. The number of nitrogens with zero attached hydrogens (tertiary/aromatic N) is 4. The number of hydrogen-bond donors (Lipinski definition) is 2. The first-order chi connectivity index (χ1) is 22.1. The SMILES string of the molecule is CC(C)(C)OC(=O)N1C[C@@H](CCC(Nc2cccc(S(=O)(=O)NC(=O)c3ccc(C(C)(C)C)nc3F)n2)c2cccc(Br)n2)CC1(C)C. The van der Waals surface area contributed by atoms with Gasteiger partial charge in [-0.25, -0.2) is 24.5 Å². The second kappa shape index (κ2) is 14.1. The summed E-state index contributed by atoms with van der Waals surface area (Å²) in [7, 11) is -4.48. The molecular weight excluding hydrogens is 703 g/mol. The van der Waals surface area contributed by atoms with Crippen molar-refractivity contribution < 1.29 is 27.1 Å². The van der Waals surface area contributed by atoms with Gasteiger partial charge in [-0.1, -0.05) is 32.9 Å². The second-order valence-corrected chi connectivity index (χ2v) is 17.2. The van der Waals surface area contributed by atoms with Gasteiger partial charge in [0.05, 0.1) is 17.3 Å². The fourth-order valence-electron chi connectivity index (χ4n) is 5.61. The number of aromatic nitrogens is 3. The molecule has 1 fully saturated rings. The largest absolute Gasteiger partial charge is 0.444 e. The lowest BCUT2D eigenvalue weighted by molar-refractivity contribution is 0.0130. The molecular formula is C34H44BrFN6O5S. The van der Waals surface area contributed by atoms with Crippen molar-refractivity contribution in [3.63, 3.8) is 0 Å². The maximum absolute atomic E-state index is 14.7. The van der Waals surface area contributed by atoms with Gasteiger partial charge in [0, 0.05) is 23.2 Å². The number of rotatable bonds is 9. The monoisotopic (exact) mass is 746 g/mol. The first kappa shape index (κ1) is 37.2. The Hall–Kier alpha value is -3.65. The highest BCUT2D eigenvalue weighted by Gasteiger charge is 2.43. The molecule has 1 saturated heterocycles. The number of carbonyl (C=O) groups is 2. The number of ether oxygens (including phenoxy) is 1. The topological polar surface area (TPSA) is 143 Å². The van der Waals surface area contributed by atoms with Gasteiger partial charge in [-0.15, -0.1) is 0 Å². The highest BCUT2D eigenvalue weighted by molar-refractivity contribution is 9.10. The summed E-state index contributed by atoms with van der Waals surface area (Å²) in [6.07, 6.45) is 1.77. The van der Waals surface area contributed by atoms with Gasteiger partial charge in [0.15, 0.2) is 5.03 Å². The van der Waals surface area contributed by atoms with Gasteiger partial charge in [-0.3, -0.25) is 4.79 Å². The lowest BCUT2D eigenvalue weighted by Gasteiger charge is -2.33. The van der Waals surface area contributed by atoms with Crippen LogP contribution in [0.5, 0.6) is 0 Å². The number of pyridine rings is 3. The van der Waals surface area contributed by atoms with Crippen molar-refractivity contribution in [3.8, 4) is 0 Å². The molecule has 1 aliphatic rings. The first-order valence-corrected chi connectivity index (χ1v) is 18.0. The molecule has 14 heteroatoms. The van der Waals surface area contributed by atoms with Crippen LogP contribution in [0.25, 0.3) is 0 Å². The number of anilines is 1. The maximum atomic E-state index is 14.7. The minimum atomic E-state index is -4.48. The Bertz CT molecular complexity index is 1770. The summed E-state index contributed by atoms with van der Waals surface area (Å²) in [6.45, 7) is 15.7. The molecule has 0 saturated carbocycles.